The van der Waals surface area contributed by atoms with Gasteiger partial charge in [0.15, 0.2) is 0 Å². The summed E-state index contributed by atoms with van der Waals surface area (Å²) in [5.74, 6) is 0.782. The molecule has 2 heterocycles. The first-order chi connectivity index (χ1) is 13.6. The Morgan fingerprint density at radius 2 is 1.97 bits per heavy atom. The van der Waals surface area contributed by atoms with Crippen LogP contribution in [0.3, 0.4) is 0 Å². The molecule has 0 spiro atoms. The van der Waals surface area contributed by atoms with E-state index in [2.05, 4.69) is 16.0 Å². The van der Waals surface area contributed by atoms with Crippen molar-refractivity contribution < 1.29 is 14.0 Å². The number of halogens is 2. The fourth-order valence-electron chi connectivity index (χ4n) is 4.09. The van der Waals surface area contributed by atoms with Crippen molar-refractivity contribution in [3.8, 4) is 0 Å². The summed E-state index contributed by atoms with van der Waals surface area (Å²) < 4.78 is 13.2. The minimum Gasteiger partial charge on any atom is -0.342 e. The van der Waals surface area contributed by atoms with E-state index in [1.807, 2.05) is 4.90 Å². The van der Waals surface area contributed by atoms with Crippen molar-refractivity contribution in [1.29, 1.82) is 0 Å². The Balaban J connectivity index is 0.00000300. The van der Waals surface area contributed by atoms with Crippen LogP contribution in [0.2, 0.25) is 0 Å². The minimum atomic E-state index is -0.385. The Hall–Kier alpha value is -1.86. The summed E-state index contributed by atoms with van der Waals surface area (Å²) in [7, 11) is 0. The summed E-state index contributed by atoms with van der Waals surface area (Å²) in [6, 6.07) is 5.47. The average molecular weight is 427 g/mol. The lowest BCUT2D eigenvalue weighted by Crippen LogP contribution is -2.44. The van der Waals surface area contributed by atoms with E-state index >= 15 is 0 Å². The molecule has 162 valence electrons. The van der Waals surface area contributed by atoms with Crippen LogP contribution >= 0.6 is 12.4 Å². The van der Waals surface area contributed by atoms with Gasteiger partial charge in [0, 0.05) is 31.7 Å². The fourth-order valence-corrected chi connectivity index (χ4v) is 4.09. The first-order valence-corrected chi connectivity index (χ1v) is 10.4. The standard InChI is InChI=1S/C21H31FN4O2.ClH/c22-18-4-1-5-19(13-18)25-21(28)24-14-17-3-2-12-26(15-17)20(27)7-6-16-8-10-23-11-9-16;/h1,4-5,13,16-17,23H,2-3,6-12,14-15H2,(H2,24,25,28);1H. The lowest BCUT2D eigenvalue weighted by Gasteiger charge is -2.33. The normalized spacial score (nSPS) is 19.9. The number of anilines is 1. The molecule has 1 aromatic carbocycles. The lowest BCUT2D eigenvalue weighted by molar-refractivity contribution is -0.133. The molecule has 6 nitrogen and oxygen atoms in total. The summed E-state index contributed by atoms with van der Waals surface area (Å²) >= 11 is 0. The highest BCUT2D eigenvalue weighted by Crippen LogP contribution is 2.21. The summed E-state index contributed by atoms with van der Waals surface area (Å²) in [5.41, 5.74) is 0.427. The third kappa shape index (κ3) is 7.82. The van der Waals surface area contributed by atoms with E-state index < -0.39 is 0 Å². The molecule has 1 atom stereocenters. The van der Waals surface area contributed by atoms with Gasteiger partial charge in [-0.1, -0.05) is 6.07 Å². The molecule has 2 aliphatic heterocycles. The van der Waals surface area contributed by atoms with Crippen LogP contribution in [0.25, 0.3) is 0 Å². The van der Waals surface area contributed by atoms with Crippen molar-refractivity contribution in [3.05, 3.63) is 30.1 Å². The van der Waals surface area contributed by atoms with E-state index in [0.717, 1.165) is 38.9 Å². The maximum Gasteiger partial charge on any atom is 0.319 e. The number of nitrogens with one attached hydrogen (secondary N) is 3. The quantitative estimate of drug-likeness (QED) is 0.652. The molecule has 2 aliphatic rings. The molecule has 29 heavy (non-hydrogen) atoms. The van der Waals surface area contributed by atoms with E-state index in [0.29, 0.717) is 31.1 Å². The largest absolute Gasteiger partial charge is 0.342 e. The van der Waals surface area contributed by atoms with Crippen LogP contribution in [0.4, 0.5) is 14.9 Å². The Morgan fingerprint density at radius 3 is 2.72 bits per heavy atom. The number of benzene rings is 1. The SMILES string of the molecule is Cl.O=C(NCC1CCCN(C(=O)CCC2CCNCC2)C1)Nc1cccc(F)c1. The zero-order valence-corrected chi connectivity index (χ0v) is 17.6. The van der Waals surface area contributed by atoms with Crippen molar-refractivity contribution in [2.24, 2.45) is 11.8 Å². The van der Waals surface area contributed by atoms with Crippen molar-refractivity contribution in [2.75, 3.05) is 38.0 Å². The van der Waals surface area contributed by atoms with Gasteiger partial charge in [-0.25, -0.2) is 9.18 Å². The predicted octanol–water partition coefficient (Wildman–Crippen LogP) is 3.39. The van der Waals surface area contributed by atoms with Crippen LogP contribution in [-0.2, 0) is 4.79 Å². The highest BCUT2D eigenvalue weighted by molar-refractivity contribution is 5.89. The van der Waals surface area contributed by atoms with Gasteiger partial charge in [0.1, 0.15) is 5.82 Å². The number of carbonyl (C=O) groups excluding carboxylic acids is 2. The summed E-state index contributed by atoms with van der Waals surface area (Å²) in [6.07, 6.45) is 5.91. The molecule has 8 heteroatoms. The van der Waals surface area contributed by atoms with E-state index in [-0.39, 0.29) is 36.1 Å². The molecule has 0 aromatic heterocycles. The third-order valence-electron chi connectivity index (χ3n) is 5.73. The molecule has 1 aromatic rings. The number of amides is 3. The number of carbonyl (C=O) groups is 2. The number of nitrogens with zero attached hydrogens (tertiary/aromatic N) is 1. The van der Waals surface area contributed by atoms with Gasteiger partial charge >= 0.3 is 6.03 Å². The topological polar surface area (TPSA) is 73.5 Å². The van der Waals surface area contributed by atoms with Gasteiger partial charge in [-0.05, 0) is 75.2 Å². The van der Waals surface area contributed by atoms with Crippen LogP contribution in [0.5, 0.6) is 0 Å². The van der Waals surface area contributed by atoms with Gasteiger partial charge in [0.25, 0.3) is 0 Å². The number of rotatable bonds is 6. The van der Waals surface area contributed by atoms with Gasteiger partial charge in [-0.3, -0.25) is 4.79 Å². The number of urea groups is 1. The second-order valence-corrected chi connectivity index (χ2v) is 7.93. The maximum absolute atomic E-state index is 13.2. The monoisotopic (exact) mass is 426 g/mol. The lowest BCUT2D eigenvalue weighted by atomic mass is 9.92. The molecular formula is C21H32ClFN4O2. The van der Waals surface area contributed by atoms with Crippen molar-refractivity contribution >= 4 is 30.0 Å². The van der Waals surface area contributed by atoms with Crippen molar-refractivity contribution in [3.63, 3.8) is 0 Å². The molecule has 0 saturated carbocycles. The second kappa shape index (κ2) is 12.0. The Kier molecular flexibility index (Phi) is 9.67. The Bertz CT molecular complexity index is 670. The fraction of sp³-hybridized carbons (Fsp3) is 0.619. The molecule has 1 unspecified atom stereocenters. The molecule has 0 aliphatic carbocycles. The summed E-state index contributed by atoms with van der Waals surface area (Å²) in [4.78, 5) is 26.6. The van der Waals surface area contributed by atoms with Crippen molar-refractivity contribution in [1.82, 2.24) is 15.5 Å². The highest BCUT2D eigenvalue weighted by atomic mass is 35.5. The average Bonchev–Trinajstić information content (AvgIpc) is 2.71. The van der Waals surface area contributed by atoms with E-state index in [4.69, 9.17) is 0 Å². The molecule has 0 radical (unpaired) electrons. The Labute approximate surface area is 178 Å². The number of piperidine rings is 2. The van der Waals surface area contributed by atoms with Gasteiger partial charge in [-0.15, -0.1) is 12.4 Å². The molecule has 0 bridgehead atoms. The summed E-state index contributed by atoms with van der Waals surface area (Å²) in [5, 5.41) is 8.84. The van der Waals surface area contributed by atoms with Gasteiger partial charge in [-0.2, -0.15) is 0 Å². The number of likely N-dealkylation sites (tertiary alicyclic amines) is 1. The molecule has 3 amide bonds. The Morgan fingerprint density at radius 1 is 1.17 bits per heavy atom. The smallest absolute Gasteiger partial charge is 0.319 e. The molecule has 3 N–H and O–H groups in total. The highest BCUT2D eigenvalue weighted by Gasteiger charge is 2.24. The van der Waals surface area contributed by atoms with Crippen LogP contribution in [-0.4, -0.2) is 49.6 Å². The zero-order chi connectivity index (χ0) is 19.8. The molecular weight excluding hydrogens is 395 g/mol. The predicted molar refractivity (Wildman–Crippen MR) is 115 cm³/mol. The van der Waals surface area contributed by atoms with Gasteiger partial charge < -0.3 is 20.9 Å². The third-order valence-corrected chi connectivity index (χ3v) is 5.73. The molecule has 3 rings (SSSR count). The van der Waals surface area contributed by atoms with Crippen molar-refractivity contribution in [2.45, 2.75) is 38.5 Å². The number of hydrogen-bond acceptors (Lipinski definition) is 3. The summed E-state index contributed by atoms with van der Waals surface area (Å²) in [6.45, 7) is 4.16. The van der Waals surface area contributed by atoms with Gasteiger partial charge in [0.05, 0.1) is 0 Å². The maximum atomic E-state index is 13.2. The number of hydrogen-bond donors (Lipinski definition) is 3. The van der Waals surface area contributed by atoms with E-state index in [1.54, 1.807) is 12.1 Å². The molecule has 2 fully saturated rings. The first kappa shape index (κ1) is 23.4. The van der Waals surface area contributed by atoms with Crippen LogP contribution in [0, 0.1) is 17.7 Å². The molecule has 2 saturated heterocycles. The van der Waals surface area contributed by atoms with E-state index in [1.165, 1.54) is 25.0 Å². The second-order valence-electron chi connectivity index (χ2n) is 7.93. The minimum absolute atomic E-state index is 0. The van der Waals surface area contributed by atoms with Crippen LogP contribution in [0.1, 0.15) is 38.5 Å². The van der Waals surface area contributed by atoms with Gasteiger partial charge in [0.2, 0.25) is 5.91 Å². The van der Waals surface area contributed by atoms with Crippen LogP contribution in [0.15, 0.2) is 24.3 Å². The first-order valence-electron chi connectivity index (χ1n) is 10.4. The van der Waals surface area contributed by atoms with Crippen LogP contribution < -0.4 is 16.0 Å². The van der Waals surface area contributed by atoms with E-state index in [9.17, 15) is 14.0 Å². The zero-order valence-electron chi connectivity index (χ0n) is 16.8.